The maximum Gasteiger partial charge on any atom is 0.253 e. The van der Waals surface area contributed by atoms with Crippen LogP contribution in [-0.4, -0.2) is 28.5 Å². The quantitative estimate of drug-likeness (QED) is 0.665. The van der Waals surface area contributed by atoms with Crippen LogP contribution in [0.3, 0.4) is 0 Å². The molecule has 2 bridgehead atoms. The van der Waals surface area contributed by atoms with Gasteiger partial charge in [0.25, 0.3) is 11.5 Å². The number of fused-ring (bicyclic) bond motifs is 4. The monoisotopic (exact) mass is 395 g/mol. The third-order valence-corrected chi connectivity index (χ3v) is 6.20. The maximum atomic E-state index is 13.1. The molecule has 148 valence electrons. The molecule has 2 atom stereocenters. The highest BCUT2D eigenvalue weighted by Crippen LogP contribution is 2.40. The minimum absolute atomic E-state index is 0.00252. The van der Waals surface area contributed by atoms with Gasteiger partial charge in [0.2, 0.25) is 0 Å². The van der Waals surface area contributed by atoms with E-state index in [1.54, 1.807) is 12.1 Å². The zero-order valence-electron chi connectivity index (χ0n) is 16.5. The number of piperidine rings is 1. The van der Waals surface area contributed by atoms with Gasteiger partial charge in [0.05, 0.1) is 11.6 Å². The molecule has 0 saturated carbocycles. The Hall–Kier alpha value is -3.65. The Morgan fingerprint density at radius 2 is 1.80 bits per heavy atom. The van der Waals surface area contributed by atoms with Gasteiger partial charge in [-0.1, -0.05) is 30.3 Å². The molecule has 1 aromatic heterocycles. The lowest BCUT2D eigenvalue weighted by Gasteiger charge is -2.43. The zero-order chi connectivity index (χ0) is 20.7. The van der Waals surface area contributed by atoms with Gasteiger partial charge in [0.1, 0.15) is 0 Å². The highest BCUT2D eigenvalue weighted by Gasteiger charge is 2.38. The molecule has 0 spiro atoms. The fourth-order valence-corrected chi connectivity index (χ4v) is 4.94. The average molecular weight is 395 g/mol. The largest absolute Gasteiger partial charge is 0.338 e. The number of likely N-dealkylation sites (tertiary alicyclic amines) is 1. The maximum absolute atomic E-state index is 13.1. The smallest absolute Gasteiger partial charge is 0.253 e. The van der Waals surface area contributed by atoms with Gasteiger partial charge < -0.3 is 9.47 Å². The summed E-state index contributed by atoms with van der Waals surface area (Å²) < 4.78 is 1.89. The average Bonchev–Trinajstić information content (AvgIpc) is 2.79. The first-order valence-electron chi connectivity index (χ1n) is 10.2. The summed E-state index contributed by atoms with van der Waals surface area (Å²) in [6.45, 7) is 1.89. The Labute approximate surface area is 174 Å². The Kier molecular flexibility index (Phi) is 4.48. The molecule has 1 saturated heterocycles. The summed E-state index contributed by atoms with van der Waals surface area (Å²) in [7, 11) is 0. The van der Waals surface area contributed by atoms with E-state index in [1.807, 2.05) is 64.1 Å². The molecule has 5 rings (SSSR count). The summed E-state index contributed by atoms with van der Waals surface area (Å²) in [6.07, 6.45) is 0.965. The molecule has 2 aliphatic rings. The molecule has 0 radical (unpaired) electrons. The van der Waals surface area contributed by atoms with Gasteiger partial charge in [0.15, 0.2) is 0 Å². The lowest BCUT2D eigenvalue weighted by molar-refractivity contribution is 0.0595. The van der Waals surface area contributed by atoms with Crippen LogP contribution >= 0.6 is 0 Å². The molecule has 2 aliphatic heterocycles. The number of carbonyl (C=O) groups excluding carboxylic acids is 1. The Balaban J connectivity index is 1.56. The lowest BCUT2D eigenvalue weighted by atomic mass is 9.80. The van der Waals surface area contributed by atoms with Crippen LogP contribution in [0.25, 0.3) is 11.1 Å². The first kappa shape index (κ1) is 18.4. The number of rotatable bonds is 2. The third kappa shape index (κ3) is 3.11. The molecule has 0 unspecified atom stereocenters. The summed E-state index contributed by atoms with van der Waals surface area (Å²) in [4.78, 5) is 27.7. The molecule has 5 nitrogen and oxygen atoms in total. The molecule has 3 aromatic rings. The lowest BCUT2D eigenvalue weighted by Crippen LogP contribution is -2.49. The number of nitrogens with zero attached hydrogens (tertiary/aromatic N) is 3. The van der Waals surface area contributed by atoms with Crippen molar-refractivity contribution in [2.75, 3.05) is 13.1 Å². The number of amides is 1. The molecule has 2 aromatic carbocycles. The van der Waals surface area contributed by atoms with Gasteiger partial charge >= 0.3 is 0 Å². The van der Waals surface area contributed by atoms with Crippen molar-refractivity contribution in [3.63, 3.8) is 0 Å². The highest BCUT2D eigenvalue weighted by atomic mass is 16.2. The molecule has 30 heavy (non-hydrogen) atoms. The molecule has 5 heteroatoms. The molecule has 3 heterocycles. The van der Waals surface area contributed by atoms with Crippen LogP contribution in [0.4, 0.5) is 0 Å². The number of aromatic nitrogens is 1. The Morgan fingerprint density at radius 3 is 2.60 bits per heavy atom. The van der Waals surface area contributed by atoms with Crippen molar-refractivity contribution in [1.82, 2.24) is 9.47 Å². The van der Waals surface area contributed by atoms with Crippen LogP contribution in [0.5, 0.6) is 0 Å². The number of hydrogen-bond donors (Lipinski definition) is 0. The second-order valence-corrected chi connectivity index (χ2v) is 8.15. The molecular weight excluding hydrogens is 374 g/mol. The second-order valence-electron chi connectivity index (χ2n) is 8.15. The van der Waals surface area contributed by atoms with Gasteiger partial charge in [0, 0.05) is 48.4 Å². The summed E-state index contributed by atoms with van der Waals surface area (Å²) in [5.41, 5.74) is 4.19. The van der Waals surface area contributed by atoms with E-state index in [2.05, 4.69) is 6.07 Å². The zero-order valence-corrected chi connectivity index (χ0v) is 16.5. The van der Waals surface area contributed by atoms with E-state index in [0.717, 1.165) is 23.2 Å². The molecular formula is C25H21N3O2. The topological polar surface area (TPSA) is 66.1 Å². The fourth-order valence-electron chi connectivity index (χ4n) is 4.94. The van der Waals surface area contributed by atoms with Crippen LogP contribution in [0, 0.1) is 17.2 Å². The Bertz CT molecular complexity index is 1220. The van der Waals surface area contributed by atoms with Gasteiger partial charge in [-0.15, -0.1) is 0 Å². The van der Waals surface area contributed by atoms with E-state index in [0.29, 0.717) is 30.8 Å². The normalized spacial score (nSPS) is 19.6. The number of carbonyl (C=O) groups is 1. The van der Waals surface area contributed by atoms with Crippen LogP contribution in [0.15, 0.2) is 71.5 Å². The fraction of sp³-hybridized carbons (Fsp3) is 0.240. The van der Waals surface area contributed by atoms with Gasteiger partial charge in [-0.2, -0.15) is 5.26 Å². The number of pyridine rings is 1. The highest BCUT2D eigenvalue weighted by molar-refractivity contribution is 5.94. The summed E-state index contributed by atoms with van der Waals surface area (Å²) >= 11 is 0. The van der Waals surface area contributed by atoms with E-state index in [-0.39, 0.29) is 23.3 Å². The van der Waals surface area contributed by atoms with Gasteiger partial charge in [-0.3, -0.25) is 9.59 Å². The number of hydrogen-bond acceptors (Lipinski definition) is 3. The van der Waals surface area contributed by atoms with E-state index in [1.165, 1.54) is 0 Å². The van der Waals surface area contributed by atoms with Crippen molar-refractivity contribution >= 4 is 5.91 Å². The third-order valence-electron chi connectivity index (χ3n) is 6.20. The second kappa shape index (κ2) is 7.31. The van der Waals surface area contributed by atoms with E-state index >= 15 is 0 Å². The molecule has 0 aliphatic carbocycles. The minimum Gasteiger partial charge on any atom is -0.338 e. The number of benzene rings is 2. The standard InChI is InChI=1S/C25H21N3O2/c26-13-17-5-4-8-20(11-17)22-9-10-23(29)28-15-18-12-21(24(22)28)16-27(14-18)25(30)19-6-2-1-3-7-19/h1-11,18,21H,12,14-16H2/t18-,21-/m1/s1. The van der Waals surface area contributed by atoms with E-state index < -0.39 is 0 Å². The summed E-state index contributed by atoms with van der Waals surface area (Å²) in [5.74, 6) is 0.409. The molecule has 1 fully saturated rings. The van der Waals surface area contributed by atoms with Crippen LogP contribution in [0.1, 0.15) is 34.0 Å². The number of nitriles is 1. The first-order chi connectivity index (χ1) is 14.6. The van der Waals surface area contributed by atoms with Crippen molar-refractivity contribution in [2.45, 2.75) is 18.9 Å². The Morgan fingerprint density at radius 1 is 0.967 bits per heavy atom. The van der Waals surface area contributed by atoms with Crippen LogP contribution in [-0.2, 0) is 6.54 Å². The first-order valence-corrected chi connectivity index (χ1v) is 10.2. The molecule has 0 N–H and O–H groups in total. The van der Waals surface area contributed by atoms with Crippen molar-refractivity contribution in [1.29, 1.82) is 5.26 Å². The van der Waals surface area contributed by atoms with Crippen molar-refractivity contribution in [3.8, 4) is 17.2 Å². The van der Waals surface area contributed by atoms with Crippen molar-refractivity contribution < 1.29 is 4.79 Å². The van der Waals surface area contributed by atoms with E-state index in [9.17, 15) is 14.9 Å². The SMILES string of the molecule is N#Cc1cccc(-c2ccc(=O)n3c2[C@@H]2C[C@H](CN(C(=O)c4ccccc4)C2)C3)c1. The van der Waals surface area contributed by atoms with Crippen LogP contribution < -0.4 is 5.56 Å². The van der Waals surface area contributed by atoms with Crippen LogP contribution in [0.2, 0.25) is 0 Å². The van der Waals surface area contributed by atoms with Gasteiger partial charge in [-0.05, 0) is 48.2 Å². The predicted octanol–water partition coefficient (Wildman–Crippen LogP) is 3.65. The van der Waals surface area contributed by atoms with Crippen molar-refractivity contribution in [2.24, 2.45) is 5.92 Å². The van der Waals surface area contributed by atoms with E-state index in [4.69, 9.17) is 0 Å². The minimum atomic E-state index is 0.00252. The predicted molar refractivity (Wildman–Crippen MR) is 114 cm³/mol. The summed E-state index contributed by atoms with van der Waals surface area (Å²) in [6, 6.07) is 22.5. The van der Waals surface area contributed by atoms with Crippen molar-refractivity contribution in [3.05, 3.63) is 93.9 Å². The van der Waals surface area contributed by atoms with Gasteiger partial charge in [-0.25, -0.2) is 0 Å². The summed E-state index contributed by atoms with van der Waals surface area (Å²) in [5, 5.41) is 9.29. The molecule has 1 amide bonds.